The molecule has 0 saturated carbocycles. The van der Waals surface area contributed by atoms with E-state index in [1.54, 1.807) is 0 Å². The van der Waals surface area contributed by atoms with Crippen LogP contribution in [0, 0.1) is 11.8 Å². The molecule has 0 aromatic carbocycles. The Morgan fingerprint density at radius 2 is 2.33 bits per heavy atom. The highest BCUT2D eigenvalue weighted by Crippen LogP contribution is 2.15. The summed E-state index contributed by atoms with van der Waals surface area (Å²) in [5.74, 6) is -0.151. The van der Waals surface area contributed by atoms with Gasteiger partial charge in [-0.15, -0.1) is 0 Å². The van der Waals surface area contributed by atoms with Gasteiger partial charge in [0.25, 0.3) is 0 Å². The predicted molar refractivity (Wildman–Crippen MR) is 57.3 cm³/mol. The molecule has 0 aliphatic carbocycles. The van der Waals surface area contributed by atoms with Crippen LogP contribution in [0.15, 0.2) is 0 Å². The van der Waals surface area contributed by atoms with Gasteiger partial charge in [-0.25, -0.2) is 0 Å². The Morgan fingerprint density at radius 1 is 1.60 bits per heavy atom. The lowest BCUT2D eigenvalue weighted by atomic mass is 9.96. The van der Waals surface area contributed by atoms with E-state index >= 15 is 0 Å². The maximum atomic E-state index is 11.6. The van der Waals surface area contributed by atoms with Crippen molar-refractivity contribution in [1.29, 1.82) is 0 Å². The molecule has 2 atom stereocenters. The van der Waals surface area contributed by atoms with Crippen LogP contribution >= 0.6 is 0 Å². The monoisotopic (exact) mass is 215 g/mol. The quantitative estimate of drug-likeness (QED) is 0.693. The van der Waals surface area contributed by atoms with Crippen molar-refractivity contribution in [2.75, 3.05) is 19.8 Å². The van der Waals surface area contributed by atoms with E-state index in [4.69, 9.17) is 15.2 Å². The second-order valence-corrected chi connectivity index (χ2v) is 4.35. The van der Waals surface area contributed by atoms with Crippen LogP contribution in [0.2, 0.25) is 0 Å². The van der Waals surface area contributed by atoms with Crippen molar-refractivity contribution in [3.05, 3.63) is 0 Å². The van der Waals surface area contributed by atoms with Crippen molar-refractivity contribution in [1.82, 2.24) is 0 Å². The molecule has 1 heterocycles. The molecule has 15 heavy (non-hydrogen) atoms. The first-order valence-corrected chi connectivity index (χ1v) is 5.63. The minimum absolute atomic E-state index is 0.0968. The third kappa shape index (κ3) is 3.80. The van der Waals surface area contributed by atoms with E-state index in [1.165, 1.54) is 0 Å². The van der Waals surface area contributed by atoms with E-state index in [9.17, 15) is 4.79 Å². The van der Waals surface area contributed by atoms with Gasteiger partial charge in [-0.2, -0.15) is 0 Å². The number of rotatable bonds is 5. The first-order valence-electron chi connectivity index (χ1n) is 5.63. The van der Waals surface area contributed by atoms with Gasteiger partial charge in [0.15, 0.2) is 0 Å². The summed E-state index contributed by atoms with van der Waals surface area (Å²) in [4.78, 5) is 11.6. The summed E-state index contributed by atoms with van der Waals surface area (Å²) >= 11 is 0. The van der Waals surface area contributed by atoms with E-state index in [2.05, 4.69) is 0 Å². The molecule has 88 valence electrons. The largest absolute Gasteiger partial charge is 0.463 e. The van der Waals surface area contributed by atoms with E-state index in [0.717, 1.165) is 19.4 Å². The molecule has 0 radical (unpaired) electrons. The zero-order chi connectivity index (χ0) is 11.3. The van der Waals surface area contributed by atoms with Gasteiger partial charge in [0, 0.05) is 13.2 Å². The fourth-order valence-electron chi connectivity index (χ4n) is 1.70. The number of hydrogen-bond donors (Lipinski definition) is 1. The highest BCUT2D eigenvalue weighted by atomic mass is 16.6. The third-order valence-electron chi connectivity index (χ3n) is 2.80. The molecule has 1 rings (SSSR count). The molecule has 0 bridgehead atoms. The lowest BCUT2D eigenvalue weighted by molar-refractivity contribution is -0.152. The molecule has 0 amide bonds. The molecule has 0 aromatic heterocycles. The summed E-state index contributed by atoms with van der Waals surface area (Å²) in [5.41, 5.74) is 5.53. The number of hydrogen-bond acceptors (Lipinski definition) is 4. The molecular formula is C11H21NO3. The van der Waals surface area contributed by atoms with Gasteiger partial charge in [-0.3, -0.25) is 4.79 Å². The van der Waals surface area contributed by atoms with Crippen LogP contribution in [0.25, 0.3) is 0 Å². The lowest BCUT2D eigenvalue weighted by Crippen LogP contribution is -2.31. The normalized spacial score (nSPS) is 23.1. The summed E-state index contributed by atoms with van der Waals surface area (Å²) in [6.45, 7) is 5.46. The van der Waals surface area contributed by atoms with Gasteiger partial charge in [0.1, 0.15) is 6.61 Å². The van der Waals surface area contributed by atoms with E-state index in [0.29, 0.717) is 13.2 Å². The number of nitrogens with two attached hydrogens (primary N) is 1. The van der Waals surface area contributed by atoms with Crippen molar-refractivity contribution < 1.29 is 14.3 Å². The Balaban J connectivity index is 2.27. The Bertz CT molecular complexity index is 200. The fourth-order valence-corrected chi connectivity index (χ4v) is 1.70. The first-order chi connectivity index (χ1) is 7.15. The summed E-state index contributed by atoms with van der Waals surface area (Å²) in [6, 6.07) is 0. The number of carbonyl (C=O) groups excluding carboxylic acids is 1. The molecule has 1 aliphatic rings. The van der Waals surface area contributed by atoms with Crippen LogP contribution in [-0.2, 0) is 14.3 Å². The van der Waals surface area contributed by atoms with Crippen LogP contribution in [0.5, 0.6) is 0 Å². The van der Waals surface area contributed by atoms with Gasteiger partial charge < -0.3 is 15.2 Å². The third-order valence-corrected chi connectivity index (χ3v) is 2.80. The standard InChI is InChI=1S/C11H21NO3/c1-8(2)10(6-12)11(13)15-7-9-4-3-5-14-9/h8-10H,3-7,12H2,1-2H3. The van der Waals surface area contributed by atoms with Crippen LogP contribution in [-0.4, -0.2) is 31.8 Å². The van der Waals surface area contributed by atoms with E-state index in [1.807, 2.05) is 13.8 Å². The second-order valence-electron chi connectivity index (χ2n) is 4.35. The van der Waals surface area contributed by atoms with E-state index < -0.39 is 0 Å². The highest BCUT2D eigenvalue weighted by Gasteiger charge is 2.24. The Hall–Kier alpha value is -0.610. The molecule has 1 fully saturated rings. The van der Waals surface area contributed by atoms with Gasteiger partial charge in [-0.1, -0.05) is 13.8 Å². The van der Waals surface area contributed by atoms with Crippen molar-refractivity contribution >= 4 is 5.97 Å². The maximum absolute atomic E-state index is 11.6. The predicted octanol–water partition coefficient (Wildman–Crippen LogP) is 0.939. The molecule has 0 spiro atoms. The molecule has 0 aromatic rings. The van der Waals surface area contributed by atoms with Crippen molar-refractivity contribution in [2.45, 2.75) is 32.8 Å². The smallest absolute Gasteiger partial charge is 0.310 e. The van der Waals surface area contributed by atoms with Crippen LogP contribution in [0.4, 0.5) is 0 Å². The van der Waals surface area contributed by atoms with E-state index in [-0.39, 0.29) is 23.9 Å². The second kappa shape index (κ2) is 6.08. The average molecular weight is 215 g/mol. The molecule has 2 unspecified atom stereocenters. The van der Waals surface area contributed by atoms with Gasteiger partial charge in [0.2, 0.25) is 0 Å². The summed E-state index contributed by atoms with van der Waals surface area (Å²) in [7, 11) is 0. The van der Waals surface area contributed by atoms with Crippen molar-refractivity contribution in [3.63, 3.8) is 0 Å². The van der Waals surface area contributed by atoms with Gasteiger partial charge in [0.05, 0.1) is 12.0 Å². The Kier molecular flexibility index (Phi) is 5.05. The van der Waals surface area contributed by atoms with Crippen LogP contribution in [0.3, 0.4) is 0 Å². The molecular weight excluding hydrogens is 194 g/mol. The number of carbonyl (C=O) groups is 1. The number of esters is 1. The zero-order valence-corrected chi connectivity index (χ0v) is 9.57. The molecule has 4 nitrogen and oxygen atoms in total. The van der Waals surface area contributed by atoms with Crippen molar-refractivity contribution in [3.8, 4) is 0 Å². The minimum Gasteiger partial charge on any atom is -0.463 e. The zero-order valence-electron chi connectivity index (χ0n) is 9.57. The first kappa shape index (κ1) is 12.5. The van der Waals surface area contributed by atoms with Crippen molar-refractivity contribution in [2.24, 2.45) is 17.6 Å². The SMILES string of the molecule is CC(C)C(CN)C(=O)OCC1CCCO1. The lowest BCUT2D eigenvalue weighted by Gasteiger charge is -2.18. The summed E-state index contributed by atoms with van der Waals surface area (Å²) in [6.07, 6.45) is 2.15. The highest BCUT2D eigenvalue weighted by molar-refractivity contribution is 5.73. The summed E-state index contributed by atoms with van der Waals surface area (Å²) in [5, 5.41) is 0. The molecule has 1 saturated heterocycles. The molecule has 4 heteroatoms. The topological polar surface area (TPSA) is 61.6 Å². The Morgan fingerprint density at radius 3 is 2.80 bits per heavy atom. The maximum Gasteiger partial charge on any atom is 0.310 e. The van der Waals surface area contributed by atoms with Gasteiger partial charge >= 0.3 is 5.97 Å². The molecule has 2 N–H and O–H groups in total. The summed E-state index contributed by atoms with van der Waals surface area (Å²) < 4.78 is 10.6. The molecule has 1 aliphatic heterocycles. The minimum atomic E-state index is -0.192. The van der Waals surface area contributed by atoms with Crippen LogP contribution < -0.4 is 5.73 Å². The fraction of sp³-hybridized carbons (Fsp3) is 0.909. The average Bonchev–Trinajstić information content (AvgIpc) is 2.67. The number of ether oxygens (including phenoxy) is 2. The Labute approximate surface area is 91.1 Å². The van der Waals surface area contributed by atoms with Crippen LogP contribution in [0.1, 0.15) is 26.7 Å². The van der Waals surface area contributed by atoms with Gasteiger partial charge in [-0.05, 0) is 18.8 Å².